The van der Waals surface area contributed by atoms with Gasteiger partial charge < -0.3 is 10.5 Å². The molecule has 0 fully saturated rings. The molecule has 78 valence electrons. The number of nitrogens with two attached hydrogens (primary N) is 1. The lowest BCUT2D eigenvalue weighted by Gasteiger charge is -2.11. The van der Waals surface area contributed by atoms with E-state index in [0.29, 0.717) is 0 Å². The van der Waals surface area contributed by atoms with Crippen LogP contribution in [-0.2, 0) is 0 Å². The van der Waals surface area contributed by atoms with Crippen LogP contribution in [0.3, 0.4) is 0 Å². The predicted octanol–water partition coefficient (Wildman–Crippen LogP) is 2.80. The molecule has 0 saturated carbocycles. The summed E-state index contributed by atoms with van der Waals surface area (Å²) in [4.78, 5) is 1.17. The van der Waals surface area contributed by atoms with Crippen LogP contribution in [0.25, 0.3) is 0 Å². The third-order valence-electron chi connectivity index (χ3n) is 2.30. The summed E-state index contributed by atoms with van der Waals surface area (Å²) in [6, 6.07) is 11.9. The van der Waals surface area contributed by atoms with Crippen molar-refractivity contribution in [3.05, 3.63) is 52.2 Å². The number of ether oxygens (including phenoxy) is 1. The van der Waals surface area contributed by atoms with E-state index in [1.165, 1.54) is 4.88 Å². The molecule has 0 unspecified atom stereocenters. The molecule has 1 aromatic heterocycles. The Morgan fingerprint density at radius 1 is 1.27 bits per heavy atom. The molecule has 1 aromatic carbocycles. The summed E-state index contributed by atoms with van der Waals surface area (Å²) in [5.41, 5.74) is 7.22. The van der Waals surface area contributed by atoms with E-state index in [4.69, 9.17) is 10.5 Å². The summed E-state index contributed by atoms with van der Waals surface area (Å²) >= 11 is 1.67. The molecule has 1 heterocycles. The average Bonchev–Trinajstić information content (AvgIpc) is 2.81. The van der Waals surface area contributed by atoms with E-state index in [9.17, 15) is 0 Å². The number of methoxy groups -OCH3 is 1. The van der Waals surface area contributed by atoms with Gasteiger partial charge in [-0.3, -0.25) is 0 Å². The van der Waals surface area contributed by atoms with E-state index in [1.54, 1.807) is 18.4 Å². The van der Waals surface area contributed by atoms with Gasteiger partial charge in [0, 0.05) is 4.88 Å². The minimum absolute atomic E-state index is 0.0555. The molecule has 0 aliphatic carbocycles. The van der Waals surface area contributed by atoms with E-state index in [1.807, 2.05) is 35.7 Å². The SMILES string of the molecule is COc1cccc([C@H](N)c2cccs2)c1. The maximum Gasteiger partial charge on any atom is 0.119 e. The molecule has 0 saturated heterocycles. The number of benzene rings is 1. The maximum atomic E-state index is 6.14. The Balaban J connectivity index is 2.29. The summed E-state index contributed by atoms with van der Waals surface area (Å²) in [7, 11) is 1.66. The monoisotopic (exact) mass is 219 g/mol. The highest BCUT2D eigenvalue weighted by molar-refractivity contribution is 7.10. The van der Waals surface area contributed by atoms with Crippen LogP contribution >= 0.6 is 11.3 Å². The Morgan fingerprint density at radius 3 is 2.80 bits per heavy atom. The van der Waals surface area contributed by atoms with Crippen molar-refractivity contribution in [1.82, 2.24) is 0 Å². The van der Waals surface area contributed by atoms with E-state index < -0.39 is 0 Å². The van der Waals surface area contributed by atoms with Gasteiger partial charge in [0.2, 0.25) is 0 Å². The molecule has 2 aromatic rings. The first-order valence-corrected chi connectivity index (χ1v) is 5.62. The molecule has 1 atom stereocenters. The lowest BCUT2D eigenvalue weighted by molar-refractivity contribution is 0.414. The number of rotatable bonds is 3. The van der Waals surface area contributed by atoms with Crippen LogP contribution in [0.2, 0.25) is 0 Å². The van der Waals surface area contributed by atoms with Crippen molar-refractivity contribution in [2.75, 3.05) is 7.11 Å². The third-order valence-corrected chi connectivity index (χ3v) is 3.26. The quantitative estimate of drug-likeness (QED) is 0.861. The summed E-state index contributed by atoms with van der Waals surface area (Å²) in [6.45, 7) is 0. The lowest BCUT2D eigenvalue weighted by Crippen LogP contribution is -2.09. The van der Waals surface area contributed by atoms with Gasteiger partial charge in [0.1, 0.15) is 5.75 Å². The molecule has 0 aliphatic rings. The summed E-state index contributed by atoms with van der Waals surface area (Å²) < 4.78 is 5.17. The van der Waals surface area contributed by atoms with Crippen molar-refractivity contribution in [3.8, 4) is 5.75 Å². The summed E-state index contributed by atoms with van der Waals surface area (Å²) in [5.74, 6) is 0.847. The molecule has 3 heteroatoms. The van der Waals surface area contributed by atoms with Crippen LogP contribution < -0.4 is 10.5 Å². The van der Waals surface area contributed by atoms with E-state index in [-0.39, 0.29) is 6.04 Å². The van der Waals surface area contributed by atoms with Crippen LogP contribution in [0.5, 0.6) is 5.75 Å². The first-order chi connectivity index (χ1) is 7.31. The Labute approximate surface area is 93.3 Å². The largest absolute Gasteiger partial charge is 0.497 e. The van der Waals surface area contributed by atoms with Gasteiger partial charge in [-0.2, -0.15) is 0 Å². The maximum absolute atomic E-state index is 6.14. The molecule has 2 nitrogen and oxygen atoms in total. The second-order valence-electron chi connectivity index (χ2n) is 3.27. The van der Waals surface area contributed by atoms with Gasteiger partial charge in [0.05, 0.1) is 13.2 Å². The van der Waals surface area contributed by atoms with Crippen molar-refractivity contribution in [1.29, 1.82) is 0 Å². The van der Waals surface area contributed by atoms with Crippen molar-refractivity contribution in [2.45, 2.75) is 6.04 Å². The molecular formula is C12H13NOS. The Kier molecular flexibility index (Phi) is 3.04. The smallest absolute Gasteiger partial charge is 0.119 e. The molecule has 2 rings (SSSR count). The molecule has 0 amide bonds. The molecule has 0 spiro atoms. The first kappa shape index (κ1) is 10.2. The van der Waals surface area contributed by atoms with Gasteiger partial charge in [0.25, 0.3) is 0 Å². The minimum atomic E-state index is -0.0555. The lowest BCUT2D eigenvalue weighted by atomic mass is 10.1. The normalized spacial score (nSPS) is 12.4. The van der Waals surface area contributed by atoms with Crippen LogP contribution in [-0.4, -0.2) is 7.11 Å². The zero-order valence-electron chi connectivity index (χ0n) is 8.51. The van der Waals surface area contributed by atoms with Gasteiger partial charge in [-0.25, -0.2) is 0 Å². The second kappa shape index (κ2) is 4.47. The Morgan fingerprint density at radius 2 is 2.13 bits per heavy atom. The molecule has 15 heavy (non-hydrogen) atoms. The molecule has 0 aliphatic heterocycles. The third kappa shape index (κ3) is 2.19. The highest BCUT2D eigenvalue weighted by Gasteiger charge is 2.09. The standard InChI is InChI=1S/C12H13NOS/c1-14-10-5-2-4-9(8-10)12(13)11-6-3-7-15-11/h2-8,12H,13H2,1H3/t12-/m0/s1. The van der Waals surface area contributed by atoms with Crippen molar-refractivity contribution >= 4 is 11.3 Å². The summed E-state index contributed by atoms with van der Waals surface area (Å²) in [5, 5.41) is 2.04. The van der Waals surface area contributed by atoms with Gasteiger partial charge in [-0.1, -0.05) is 18.2 Å². The van der Waals surface area contributed by atoms with Gasteiger partial charge in [-0.15, -0.1) is 11.3 Å². The average molecular weight is 219 g/mol. The molecule has 2 N–H and O–H groups in total. The van der Waals surface area contributed by atoms with E-state index >= 15 is 0 Å². The van der Waals surface area contributed by atoms with E-state index in [2.05, 4.69) is 6.07 Å². The fourth-order valence-electron chi connectivity index (χ4n) is 1.47. The van der Waals surface area contributed by atoms with Crippen LogP contribution in [0.15, 0.2) is 41.8 Å². The van der Waals surface area contributed by atoms with Crippen molar-refractivity contribution < 1.29 is 4.74 Å². The number of hydrogen-bond donors (Lipinski definition) is 1. The van der Waals surface area contributed by atoms with Crippen LogP contribution in [0.1, 0.15) is 16.5 Å². The molecular weight excluding hydrogens is 206 g/mol. The predicted molar refractivity (Wildman–Crippen MR) is 63.3 cm³/mol. The zero-order valence-corrected chi connectivity index (χ0v) is 9.33. The first-order valence-electron chi connectivity index (χ1n) is 4.74. The number of thiophene rings is 1. The zero-order chi connectivity index (χ0) is 10.7. The highest BCUT2D eigenvalue weighted by atomic mass is 32.1. The van der Waals surface area contributed by atoms with Gasteiger partial charge in [-0.05, 0) is 29.1 Å². The van der Waals surface area contributed by atoms with Gasteiger partial charge >= 0.3 is 0 Å². The minimum Gasteiger partial charge on any atom is -0.497 e. The molecule has 0 radical (unpaired) electrons. The van der Waals surface area contributed by atoms with Crippen LogP contribution in [0.4, 0.5) is 0 Å². The Hall–Kier alpha value is -1.32. The Bertz CT molecular complexity index is 425. The van der Waals surface area contributed by atoms with Gasteiger partial charge in [0.15, 0.2) is 0 Å². The van der Waals surface area contributed by atoms with Crippen molar-refractivity contribution in [2.24, 2.45) is 5.73 Å². The fraction of sp³-hybridized carbons (Fsp3) is 0.167. The second-order valence-corrected chi connectivity index (χ2v) is 4.25. The highest BCUT2D eigenvalue weighted by Crippen LogP contribution is 2.25. The van der Waals surface area contributed by atoms with Crippen LogP contribution in [0, 0.1) is 0 Å². The fourth-order valence-corrected chi connectivity index (χ4v) is 2.22. The van der Waals surface area contributed by atoms with Crippen molar-refractivity contribution in [3.63, 3.8) is 0 Å². The molecule has 0 bridgehead atoms. The summed E-state index contributed by atoms with van der Waals surface area (Å²) in [6.07, 6.45) is 0. The number of hydrogen-bond acceptors (Lipinski definition) is 3. The topological polar surface area (TPSA) is 35.2 Å². The van der Waals surface area contributed by atoms with E-state index in [0.717, 1.165) is 11.3 Å².